The number of ether oxygens (including phenoxy) is 3. The van der Waals surface area contributed by atoms with Gasteiger partial charge >= 0.3 is 17.9 Å². The Balaban J connectivity index is 4.13. The molecule has 0 saturated carbocycles. The fourth-order valence-corrected chi connectivity index (χ4v) is 10.1. The fourth-order valence-electron chi connectivity index (χ4n) is 10.1. The summed E-state index contributed by atoms with van der Waals surface area (Å²) in [6, 6.07) is 0. The number of carbonyl (C=O) groups is 3. The predicted octanol–water partition coefficient (Wildman–Crippen LogP) is 23.5. The van der Waals surface area contributed by atoms with Crippen molar-refractivity contribution in [2.45, 2.75) is 367 Å². The van der Waals surface area contributed by atoms with E-state index in [2.05, 4.69) is 81.5 Å². The van der Waals surface area contributed by atoms with Gasteiger partial charge in [-0.3, -0.25) is 14.4 Å². The molecule has 0 aromatic rings. The van der Waals surface area contributed by atoms with Crippen molar-refractivity contribution in [3.05, 3.63) is 60.8 Å². The monoisotopic (exact) mass is 1090 g/mol. The van der Waals surface area contributed by atoms with Crippen molar-refractivity contribution >= 4 is 17.9 Å². The third-order valence-corrected chi connectivity index (χ3v) is 15.3. The molecular weight excluding hydrogens is 961 g/mol. The van der Waals surface area contributed by atoms with Gasteiger partial charge in [-0.2, -0.15) is 0 Å². The lowest BCUT2D eigenvalue weighted by Gasteiger charge is -2.18. The fraction of sp³-hybridized carbons (Fsp3) is 0.819. The summed E-state index contributed by atoms with van der Waals surface area (Å²) in [5, 5.41) is 0. The van der Waals surface area contributed by atoms with Gasteiger partial charge in [0, 0.05) is 19.3 Å². The second kappa shape index (κ2) is 66.6. The summed E-state index contributed by atoms with van der Waals surface area (Å²) >= 11 is 0. The highest BCUT2D eigenvalue weighted by Gasteiger charge is 2.19. The topological polar surface area (TPSA) is 78.9 Å². The van der Waals surface area contributed by atoms with E-state index in [-0.39, 0.29) is 31.1 Å². The van der Waals surface area contributed by atoms with Crippen LogP contribution in [-0.2, 0) is 28.6 Å². The second-order valence-electron chi connectivity index (χ2n) is 23.1. The predicted molar refractivity (Wildman–Crippen MR) is 339 cm³/mol. The van der Waals surface area contributed by atoms with E-state index in [1.54, 1.807) is 0 Å². The lowest BCUT2D eigenvalue weighted by Crippen LogP contribution is -2.30. The molecule has 454 valence electrons. The first-order chi connectivity index (χ1) is 38.5. The zero-order valence-electron chi connectivity index (χ0n) is 52.2. The summed E-state index contributed by atoms with van der Waals surface area (Å²) in [5.74, 6) is -0.852. The summed E-state index contributed by atoms with van der Waals surface area (Å²) in [6.07, 6.45) is 85.4. The summed E-state index contributed by atoms with van der Waals surface area (Å²) in [5.41, 5.74) is 0. The molecule has 1 atom stereocenters. The summed E-state index contributed by atoms with van der Waals surface area (Å²) < 4.78 is 16.9. The Kier molecular flexibility index (Phi) is 64.2. The summed E-state index contributed by atoms with van der Waals surface area (Å²) in [7, 11) is 0. The molecule has 0 aliphatic carbocycles. The molecule has 0 bridgehead atoms. The van der Waals surface area contributed by atoms with E-state index in [9.17, 15) is 14.4 Å². The van der Waals surface area contributed by atoms with Gasteiger partial charge < -0.3 is 14.2 Å². The zero-order chi connectivity index (χ0) is 56.4. The van der Waals surface area contributed by atoms with Crippen LogP contribution in [0.15, 0.2) is 60.8 Å². The minimum atomic E-state index is -0.773. The highest BCUT2D eigenvalue weighted by Crippen LogP contribution is 2.18. The van der Waals surface area contributed by atoms with Crippen molar-refractivity contribution in [3.63, 3.8) is 0 Å². The van der Waals surface area contributed by atoms with Gasteiger partial charge in [0.25, 0.3) is 0 Å². The van der Waals surface area contributed by atoms with E-state index in [0.29, 0.717) is 19.3 Å². The van der Waals surface area contributed by atoms with Gasteiger partial charge in [0.15, 0.2) is 6.10 Å². The molecule has 78 heavy (non-hydrogen) atoms. The first-order valence-corrected chi connectivity index (χ1v) is 34.3. The van der Waals surface area contributed by atoms with E-state index < -0.39 is 6.10 Å². The Morgan fingerprint density at radius 1 is 0.269 bits per heavy atom. The molecule has 0 radical (unpaired) electrons. The molecule has 0 heterocycles. The zero-order valence-corrected chi connectivity index (χ0v) is 52.2. The van der Waals surface area contributed by atoms with E-state index in [4.69, 9.17) is 14.2 Å². The lowest BCUT2D eigenvalue weighted by atomic mass is 10.0. The van der Waals surface area contributed by atoms with Crippen molar-refractivity contribution in [2.75, 3.05) is 13.2 Å². The molecule has 0 saturated heterocycles. The average Bonchev–Trinajstić information content (AvgIpc) is 3.44. The maximum atomic E-state index is 12.9. The first-order valence-electron chi connectivity index (χ1n) is 34.3. The third kappa shape index (κ3) is 63.9. The maximum Gasteiger partial charge on any atom is 0.306 e. The molecule has 1 unspecified atom stereocenters. The normalized spacial score (nSPS) is 12.4. The van der Waals surface area contributed by atoms with Gasteiger partial charge in [0.1, 0.15) is 13.2 Å². The van der Waals surface area contributed by atoms with Crippen LogP contribution in [0.3, 0.4) is 0 Å². The Bertz CT molecular complexity index is 1390. The van der Waals surface area contributed by atoms with E-state index >= 15 is 0 Å². The van der Waals surface area contributed by atoms with Gasteiger partial charge in [-0.25, -0.2) is 0 Å². The molecule has 0 fully saturated rings. The molecule has 0 aromatic heterocycles. The molecule has 0 amide bonds. The number of unbranched alkanes of at least 4 members (excludes halogenated alkanes) is 42. The van der Waals surface area contributed by atoms with Gasteiger partial charge in [0.2, 0.25) is 0 Å². The van der Waals surface area contributed by atoms with Gasteiger partial charge in [-0.15, -0.1) is 0 Å². The van der Waals surface area contributed by atoms with Gasteiger partial charge in [0.05, 0.1) is 0 Å². The lowest BCUT2D eigenvalue weighted by molar-refractivity contribution is -0.167. The van der Waals surface area contributed by atoms with Crippen molar-refractivity contribution in [3.8, 4) is 0 Å². The summed E-state index contributed by atoms with van der Waals surface area (Å²) in [6.45, 7) is 6.57. The standard InChI is InChI=1S/C72H130O6/c1-4-7-10-13-16-19-22-24-26-28-30-31-32-33-34-35-36-37-38-39-40-41-42-44-45-47-50-53-56-59-62-65-71(74)77-68-69(67-76-70(73)64-61-58-55-52-49-21-18-15-12-9-6-3)78-72(75)66-63-60-57-54-51-48-46-43-29-27-25-23-20-17-14-11-8-5-2/h7,10,16,19,24,26-27,29-31,69H,4-6,8-9,11-15,17-18,20-23,25,28,32-68H2,1-3H3/b10-7-,19-16-,26-24-,29-27-,31-30-. The number of allylic oxidation sites excluding steroid dienone is 10. The Morgan fingerprint density at radius 2 is 0.500 bits per heavy atom. The number of hydrogen-bond acceptors (Lipinski definition) is 6. The van der Waals surface area contributed by atoms with Crippen LogP contribution in [0.4, 0.5) is 0 Å². The second-order valence-corrected chi connectivity index (χ2v) is 23.1. The number of esters is 3. The van der Waals surface area contributed by atoms with E-state index in [1.165, 1.54) is 238 Å². The molecule has 0 spiro atoms. The molecule has 0 rings (SSSR count). The number of carbonyl (C=O) groups excluding carboxylic acids is 3. The Hall–Kier alpha value is -2.89. The highest BCUT2D eigenvalue weighted by atomic mass is 16.6. The van der Waals surface area contributed by atoms with E-state index in [0.717, 1.165) is 83.5 Å². The van der Waals surface area contributed by atoms with Crippen LogP contribution in [0, 0.1) is 0 Å². The molecular formula is C72H130O6. The van der Waals surface area contributed by atoms with Crippen molar-refractivity contribution in [2.24, 2.45) is 0 Å². The quantitative estimate of drug-likeness (QED) is 0.0261. The number of rotatable bonds is 63. The highest BCUT2D eigenvalue weighted by molar-refractivity contribution is 5.71. The molecule has 0 aliphatic heterocycles. The maximum absolute atomic E-state index is 12.9. The first kappa shape index (κ1) is 75.1. The van der Waals surface area contributed by atoms with Gasteiger partial charge in [-0.1, -0.05) is 319 Å². The van der Waals surface area contributed by atoms with Crippen LogP contribution in [0.25, 0.3) is 0 Å². The minimum absolute atomic E-state index is 0.0699. The van der Waals surface area contributed by atoms with Crippen LogP contribution in [0.5, 0.6) is 0 Å². The molecule has 0 aliphatic rings. The van der Waals surface area contributed by atoms with Gasteiger partial charge in [-0.05, 0) is 83.5 Å². The van der Waals surface area contributed by atoms with Crippen molar-refractivity contribution in [1.29, 1.82) is 0 Å². The van der Waals surface area contributed by atoms with Crippen LogP contribution in [0.1, 0.15) is 361 Å². The molecule has 6 nitrogen and oxygen atoms in total. The average molecular weight is 1090 g/mol. The van der Waals surface area contributed by atoms with Crippen molar-refractivity contribution in [1.82, 2.24) is 0 Å². The molecule has 6 heteroatoms. The van der Waals surface area contributed by atoms with Crippen LogP contribution in [0.2, 0.25) is 0 Å². The smallest absolute Gasteiger partial charge is 0.306 e. The van der Waals surface area contributed by atoms with Crippen LogP contribution < -0.4 is 0 Å². The third-order valence-electron chi connectivity index (χ3n) is 15.3. The molecule has 0 N–H and O–H groups in total. The van der Waals surface area contributed by atoms with Crippen LogP contribution >= 0.6 is 0 Å². The number of hydrogen-bond donors (Lipinski definition) is 0. The van der Waals surface area contributed by atoms with E-state index in [1.807, 2.05) is 0 Å². The van der Waals surface area contributed by atoms with Crippen molar-refractivity contribution < 1.29 is 28.6 Å². The summed E-state index contributed by atoms with van der Waals surface area (Å²) in [4.78, 5) is 38.3. The Morgan fingerprint density at radius 3 is 0.795 bits per heavy atom. The largest absolute Gasteiger partial charge is 0.462 e. The SMILES string of the molecule is CC/C=C\C/C=C\C/C=C\C/C=C\CCCCCCCCCCCCCCCCCCCCC(=O)OCC(COC(=O)CCCCCCCCCCCCC)OC(=O)CCCCCCCCC/C=C\CCCCCCCCC. The molecule has 0 aromatic carbocycles. The van der Waals surface area contributed by atoms with Crippen LogP contribution in [-0.4, -0.2) is 37.2 Å². The Labute approximate surface area is 485 Å². The minimum Gasteiger partial charge on any atom is -0.462 e.